The van der Waals surface area contributed by atoms with Gasteiger partial charge in [0.1, 0.15) is 5.01 Å². The van der Waals surface area contributed by atoms with Crippen LogP contribution < -0.4 is 0 Å². The fraction of sp³-hybridized carbons (Fsp3) is 0.200. The van der Waals surface area contributed by atoms with Crippen molar-refractivity contribution < 1.29 is 0 Å². The molecule has 0 bridgehead atoms. The normalized spacial score (nSPS) is 10.9. The molecule has 1 aromatic rings. The van der Waals surface area contributed by atoms with Gasteiger partial charge in [0.15, 0.2) is 0 Å². The number of aromatic nitrogens is 1. The summed E-state index contributed by atoms with van der Waals surface area (Å²) in [5.41, 5.74) is 1.06. The van der Waals surface area contributed by atoms with E-state index in [0.29, 0.717) is 0 Å². The fourth-order valence-corrected chi connectivity index (χ4v) is 1.58. The zero-order valence-corrected chi connectivity index (χ0v) is 7.81. The second-order valence-electron chi connectivity index (χ2n) is 1.55. The predicted octanol–water partition coefficient (Wildman–Crippen LogP) is 2.22. The lowest BCUT2D eigenvalue weighted by Gasteiger charge is -1.74. The first-order chi connectivity index (χ1) is 4.33. The van der Waals surface area contributed by atoms with Crippen LogP contribution in [0.2, 0.25) is 0 Å². The van der Waals surface area contributed by atoms with E-state index in [1.165, 1.54) is 0 Å². The average molecular weight is 252 g/mol. The first-order valence-corrected chi connectivity index (χ1v) is 4.24. The molecule has 0 atom stereocenters. The summed E-state index contributed by atoms with van der Waals surface area (Å²) in [4.78, 5) is 4.16. The molecule has 0 unspecified atom stereocenters. The van der Waals surface area contributed by atoms with E-state index in [9.17, 15) is 0 Å². The molecule has 0 saturated heterocycles. The van der Waals surface area contributed by atoms with E-state index in [1.54, 1.807) is 17.6 Å². The summed E-state index contributed by atoms with van der Waals surface area (Å²) in [6, 6.07) is 0. The molecule has 0 N–H and O–H groups in total. The molecule has 1 rings (SSSR count). The molecule has 48 valence electrons. The Hall–Kier alpha value is 0.0300. The number of halogens is 1. The minimum atomic E-state index is 0.974. The average Bonchev–Trinajstić information content (AvgIpc) is 2.17. The minimum Gasteiger partial charge on any atom is -0.240 e. The Morgan fingerprint density at radius 1 is 1.89 bits per heavy atom. The van der Waals surface area contributed by atoms with Crippen LogP contribution in [0.4, 0.5) is 0 Å². The topological polar surface area (TPSA) is 25.2 Å². The molecule has 2 nitrogen and oxygen atoms in total. The van der Waals surface area contributed by atoms with E-state index in [2.05, 4.69) is 8.19 Å². The fourth-order valence-electron chi connectivity index (χ4n) is 0.473. The number of aryl methyl sites for hydroxylation is 1. The number of hydrogen-bond donors (Lipinski definition) is 0. The summed E-state index contributed by atoms with van der Waals surface area (Å²) in [6.45, 7) is 1.97. The van der Waals surface area contributed by atoms with Crippen molar-refractivity contribution in [2.45, 2.75) is 6.92 Å². The Balaban J connectivity index is 2.85. The highest BCUT2D eigenvalue weighted by Gasteiger charge is 1.91. The molecule has 0 aromatic carbocycles. The van der Waals surface area contributed by atoms with Gasteiger partial charge in [-0.25, -0.2) is 8.19 Å². The van der Waals surface area contributed by atoms with Gasteiger partial charge in [-0.15, -0.1) is 11.3 Å². The van der Waals surface area contributed by atoms with E-state index in [-0.39, 0.29) is 0 Å². The van der Waals surface area contributed by atoms with Crippen molar-refractivity contribution in [3.63, 3.8) is 0 Å². The van der Waals surface area contributed by atoms with Crippen LogP contribution in [0, 0.1) is 6.92 Å². The monoisotopic (exact) mass is 252 g/mol. The summed E-state index contributed by atoms with van der Waals surface area (Å²) in [5.74, 6) is 0. The molecule has 0 saturated carbocycles. The molecule has 9 heavy (non-hydrogen) atoms. The van der Waals surface area contributed by atoms with Crippen LogP contribution in [-0.2, 0) is 0 Å². The van der Waals surface area contributed by atoms with Crippen LogP contribution in [0.1, 0.15) is 10.7 Å². The summed E-state index contributed by atoms with van der Waals surface area (Å²) >= 11 is 3.55. The molecule has 0 aliphatic rings. The number of thiazole rings is 1. The van der Waals surface area contributed by atoms with Crippen molar-refractivity contribution in [1.29, 1.82) is 0 Å². The van der Waals surface area contributed by atoms with Crippen LogP contribution in [-0.4, -0.2) is 11.2 Å². The van der Waals surface area contributed by atoms with Gasteiger partial charge in [-0.3, -0.25) is 0 Å². The second-order valence-corrected chi connectivity index (χ2v) is 3.00. The van der Waals surface area contributed by atoms with Gasteiger partial charge in [0, 0.05) is 11.1 Å². The van der Waals surface area contributed by atoms with Crippen molar-refractivity contribution in [2.24, 2.45) is 3.21 Å². The van der Waals surface area contributed by atoms with Crippen LogP contribution in [0.5, 0.6) is 0 Å². The maximum absolute atomic E-state index is 4.16. The van der Waals surface area contributed by atoms with E-state index in [0.717, 1.165) is 10.7 Å². The first kappa shape index (κ1) is 7.14. The predicted molar refractivity (Wildman–Crippen MR) is 48.5 cm³/mol. The van der Waals surface area contributed by atoms with E-state index in [4.69, 9.17) is 0 Å². The number of hydrogen-bond acceptors (Lipinski definition) is 3. The van der Waals surface area contributed by atoms with Crippen molar-refractivity contribution in [3.05, 3.63) is 16.1 Å². The Morgan fingerprint density at radius 3 is 3.11 bits per heavy atom. The van der Waals surface area contributed by atoms with Crippen LogP contribution in [0.15, 0.2) is 8.59 Å². The van der Waals surface area contributed by atoms with Gasteiger partial charge >= 0.3 is 0 Å². The molecule has 0 aliphatic carbocycles. The van der Waals surface area contributed by atoms with Gasteiger partial charge in [-0.2, -0.15) is 0 Å². The van der Waals surface area contributed by atoms with E-state index >= 15 is 0 Å². The zero-order valence-electron chi connectivity index (χ0n) is 4.84. The molecular weight excluding hydrogens is 247 g/mol. The van der Waals surface area contributed by atoms with Crippen molar-refractivity contribution in [1.82, 2.24) is 4.98 Å². The van der Waals surface area contributed by atoms with Gasteiger partial charge in [-0.05, 0) is 6.92 Å². The van der Waals surface area contributed by atoms with Crippen LogP contribution >= 0.6 is 34.2 Å². The molecular formula is C5H5IN2S. The Labute approximate surface area is 71.5 Å². The Bertz CT molecular complexity index is 218. The lowest BCUT2D eigenvalue weighted by Crippen LogP contribution is -1.75. The van der Waals surface area contributed by atoms with E-state index < -0.39 is 0 Å². The molecule has 0 amide bonds. The summed E-state index contributed by atoms with van der Waals surface area (Å²) in [5, 5.41) is 2.98. The standard InChI is InChI=1S/C5H5IN2S/c1-4-3-9-5(8-4)2-7-6/h2-3H,1H3. The smallest absolute Gasteiger partial charge is 0.135 e. The molecule has 4 heteroatoms. The lowest BCUT2D eigenvalue weighted by molar-refractivity contribution is 1.26. The summed E-state index contributed by atoms with van der Waals surface area (Å²) in [7, 11) is 0. The third-order valence-corrected chi connectivity index (χ3v) is 1.97. The largest absolute Gasteiger partial charge is 0.240 e. The van der Waals surface area contributed by atoms with Crippen LogP contribution in [0.25, 0.3) is 0 Å². The van der Waals surface area contributed by atoms with Gasteiger partial charge < -0.3 is 0 Å². The number of rotatable bonds is 1. The minimum absolute atomic E-state index is 0.974. The quantitative estimate of drug-likeness (QED) is 0.555. The molecule has 1 heterocycles. The maximum Gasteiger partial charge on any atom is 0.135 e. The van der Waals surface area contributed by atoms with E-state index in [1.807, 2.05) is 35.2 Å². The molecule has 0 fully saturated rings. The SMILES string of the molecule is Cc1csc(C=NI)n1. The third-order valence-electron chi connectivity index (χ3n) is 0.796. The van der Waals surface area contributed by atoms with Gasteiger partial charge in [-0.1, -0.05) is 0 Å². The van der Waals surface area contributed by atoms with Crippen molar-refractivity contribution >= 4 is 40.4 Å². The molecule has 0 spiro atoms. The lowest BCUT2D eigenvalue weighted by atomic mass is 10.6. The molecule has 0 radical (unpaired) electrons. The highest BCUT2D eigenvalue weighted by molar-refractivity contribution is 14.1. The zero-order chi connectivity index (χ0) is 6.69. The number of nitrogens with zero attached hydrogens (tertiary/aromatic N) is 2. The summed E-state index contributed by atoms with van der Waals surface area (Å²) in [6.07, 6.45) is 1.75. The highest BCUT2D eigenvalue weighted by atomic mass is 127. The second kappa shape index (κ2) is 3.26. The Morgan fingerprint density at radius 2 is 2.67 bits per heavy atom. The van der Waals surface area contributed by atoms with Gasteiger partial charge in [0.2, 0.25) is 0 Å². The van der Waals surface area contributed by atoms with Gasteiger partial charge in [0.25, 0.3) is 0 Å². The first-order valence-electron chi connectivity index (χ1n) is 2.39. The van der Waals surface area contributed by atoms with Gasteiger partial charge in [0.05, 0.1) is 29.1 Å². The maximum atomic E-state index is 4.16. The summed E-state index contributed by atoms with van der Waals surface area (Å²) < 4.78 is 3.81. The van der Waals surface area contributed by atoms with Crippen molar-refractivity contribution in [2.75, 3.05) is 0 Å². The highest BCUT2D eigenvalue weighted by Crippen LogP contribution is 2.05. The molecule has 0 aliphatic heterocycles. The Kier molecular flexibility index (Phi) is 2.59. The third kappa shape index (κ3) is 2.02. The van der Waals surface area contributed by atoms with Crippen molar-refractivity contribution in [3.8, 4) is 0 Å². The molecule has 1 aromatic heterocycles. The van der Waals surface area contributed by atoms with Crippen LogP contribution in [0.3, 0.4) is 0 Å².